The lowest BCUT2D eigenvalue weighted by molar-refractivity contribution is 0.199. The Bertz CT molecular complexity index is 1570. The van der Waals surface area contributed by atoms with E-state index in [2.05, 4.69) is 55.5 Å². The molecule has 1 N–H and O–H groups in total. The number of ether oxygens (including phenoxy) is 1. The lowest BCUT2D eigenvalue weighted by atomic mass is 9.99. The first kappa shape index (κ1) is 21.2. The third-order valence-electron chi connectivity index (χ3n) is 7.29. The third kappa shape index (κ3) is 3.54. The number of fused-ring (bicyclic) bond motifs is 3. The molecule has 0 bridgehead atoms. The molecule has 7 rings (SSSR count). The number of nitrogens with zero attached hydrogens (tertiary/aromatic N) is 7. The molecule has 4 aromatic heterocycles. The summed E-state index contributed by atoms with van der Waals surface area (Å²) in [7, 11) is 1.70. The molecule has 9 heteroatoms. The molecular weight excluding hydrogens is 452 g/mol. The van der Waals surface area contributed by atoms with Crippen molar-refractivity contribution in [1.29, 1.82) is 0 Å². The molecule has 0 saturated heterocycles. The number of pyridine rings is 2. The number of hydrogen-bond acceptors (Lipinski definition) is 7. The molecule has 0 saturated carbocycles. The smallest absolute Gasteiger partial charge is 0.147 e. The van der Waals surface area contributed by atoms with Gasteiger partial charge in [-0.05, 0) is 42.5 Å². The Morgan fingerprint density at radius 2 is 2.03 bits per heavy atom. The molecule has 0 atom stereocenters. The second-order valence-electron chi connectivity index (χ2n) is 9.45. The van der Waals surface area contributed by atoms with E-state index in [1.54, 1.807) is 13.4 Å². The molecule has 1 aliphatic carbocycles. The quantitative estimate of drug-likeness (QED) is 0.410. The molecule has 0 spiro atoms. The van der Waals surface area contributed by atoms with Crippen LogP contribution in [0.3, 0.4) is 0 Å². The number of nitrogens with one attached hydrogen (secondary N) is 1. The number of methoxy groups -OCH3 is 1. The van der Waals surface area contributed by atoms with E-state index < -0.39 is 0 Å². The molecule has 1 aromatic carbocycles. The minimum absolute atomic E-state index is 0.754. The van der Waals surface area contributed by atoms with Crippen LogP contribution in [0.5, 0.6) is 5.75 Å². The van der Waals surface area contributed by atoms with Crippen LogP contribution in [0.1, 0.15) is 29.1 Å². The monoisotopic (exact) mass is 478 g/mol. The van der Waals surface area contributed by atoms with Crippen molar-refractivity contribution in [1.82, 2.24) is 39.8 Å². The van der Waals surface area contributed by atoms with Gasteiger partial charge >= 0.3 is 0 Å². The summed E-state index contributed by atoms with van der Waals surface area (Å²) in [5.74, 6) is 1.76. The van der Waals surface area contributed by atoms with E-state index in [-0.39, 0.29) is 0 Å². The second-order valence-corrected chi connectivity index (χ2v) is 9.45. The van der Waals surface area contributed by atoms with E-state index in [1.807, 2.05) is 16.9 Å². The number of aromatic amines is 1. The average molecular weight is 479 g/mol. The molecule has 5 aromatic rings. The molecular formula is C27H26N8O. The number of aryl methyl sites for hydroxylation is 1. The first-order valence-corrected chi connectivity index (χ1v) is 12.4. The van der Waals surface area contributed by atoms with Crippen molar-refractivity contribution in [2.45, 2.75) is 38.9 Å². The van der Waals surface area contributed by atoms with E-state index in [4.69, 9.17) is 14.7 Å². The van der Waals surface area contributed by atoms with Gasteiger partial charge in [0.1, 0.15) is 34.8 Å². The Morgan fingerprint density at radius 3 is 2.92 bits per heavy atom. The Balaban J connectivity index is 1.21. The molecule has 0 fully saturated rings. The van der Waals surface area contributed by atoms with Gasteiger partial charge < -0.3 is 4.74 Å². The van der Waals surface area contributed by atoms with Gasteiger partial charge in [-0.15, -0.1) is 0 Å². The second kappa shape index (κ2) is 8.53. The van der Waals surface area contributed by atoms with Gasteiger partial charge in [-0.25, -0.2) is 14.6 Å². The fourth-order valence-electron chi connectivity index (χ4n) is 5.46. The van der Waals surface area contributed by atoms with Crippen molar-refractivity contribution < 1.29 is 4.74 Å². The van der Waals surface area contributed by atoms with Crippen LogP contribution >= 0.6 is 0 Å². The lowest BCUT2D eigenvalue weighted by Gasteiger charge is -2.26. The van der Waals surface area contributed by atoms with Crippen LogP contribution in [0.25, 0.3) is 33.5 Å². The van der Waals surface area contributed by atoms with Crippen LogP contribution in [-0.2, 0) is 32.5 Å². The lowest BCUT2D eigenvalue weighted by Crippen LogP contribution is -2.34. The number of aromatic nitrogens is 7. The van der Waals surface area contributed by atoms with Crippen LogP contribution in [0, 0.1) is 0 Å². The van der Waals surface area contributed by atoms with E-state index in [1.165, 1.54) is 17.5 Å². The molecule has 180 valence electrons. The summed E-state index contributed by atoms with van der Waals surface area (Å²) in [6.45, 7) is 3.34. The van der Waals surface area contributed by atoms with Crippen LogP contribution in [0.15, 0.2) is 48.9 Å². The summed E-state index contributed by atoms with van der Waals surface area (Å²) < 4.78 is 7.72. The van der Waals surface area contributed by atoms with E-state index >= 15 is 0 Å². The highest BCUT2D eigenvalue weighted by molar-refractivity contribution is 5.93. The standard InChI is InChI=1S/C27H26N8O/c1-36-23-12-22-27(31-26(23)21-7-3-5-17-4-2-6-20(17)21)25(33-32-22)18-8-9-19(28-13-18)14-34-10-11-35-24(15-34)29-16-30-35/h3,5,7-9,12-13,16H,2,4,6,10-11,14-15H2,1H3,(H,32,33). The summed E-state index contributed by atoms with van der Waals surface area (Å²) in [5, 5.41) is 12.0. The number of H-pyrrole nitrogens is 1. The van der Waals surface area contributed by atoms with E-state index in [9.17, 15) is 0 Å². The van der Waals surface area contributed by atoms with Gasteiger partial charge in [0.2, 0.25) is 0 Å². The SMILES string of the molecule is COc1cc2[nH]nc(-c3ccc(CN4CCn5ncnc5C4)nc3)c2nc1-c1cccc2c1CCC2. The predicted molar refractivity (Wildman–Crippen MR) is 135 cm³/mol. The van der Waals surface area contributed by atoms with Crippen LogP contribution in [0.2, 0.25) is 0 Å². The van der Waals surface area contributed by atoms with Crippen LogP contribution < -0.4 is 4.74 Å². The zero-order valence-corrected chi connectivity index (χ0v) is 20.1. The summed E-state index contributed by atoms with van der Waals surface area (Å²) >= 11 is 0. The van der Waals surface area contributed by atoms with Crippen molar-refractivity contribution >= 4 is 11.0 Å². The number of hydrogen-bond donors (Lipinski definition) is 1. The first-order valence-electron chi connectivity index (χ1n) is 12.4. The maximum absolute atomic E-state index is 5.75. The molecule has 1 aliphatic heterocycles. The van der Waals surface area contributed by atoms with Crippen molar-refractivity contribution in [3.8, 4) is 28.3 Å². The first-order chi connectivity index (χ1) is 17.8. The number of rotatable bonds is 5. The van der Waals surface area contributed by atoms with Gasteiger partial charge in [0.25, 0.3) is 0 Å². The third-order valence-corrected chi connectivity index (χ3v) is 7.29. The van der Waals surface area contributed by atoms with Crippen LogP contribution in [-0.4, -0.2) is 53.5 Å². The van der Waals surface area contributed by atoms with Crippen molar-refractivity contribution in [3.63, 3.8) is 0 Å². The molecule has 0 radical (unpaired) electrons. The van der Waals surface area contributed by atoms with Gasteiger partial charge in [0.15, 0.2) is 0 Å². The molecule has 0 amide bonds. The molecule has 2 aliphatic rings. The fraction of sp³-hybridized carbons (Fsp3) is 0.296. The minimum Gasteiger partial charge on any atom is -0.494 e. The maximum atomic E-state index is 5.75. The van der Waals surface area contributed by atoms with Gasteiger partial charge in [-0.3, -0.25) is 15.0 Å². The van der Waals surface area contributed by atoms with Crippen molar-refractivity contribution in [2.24, 2.45) is 0 Å². The molecule has 0 unspecified atom stereocenters. The number of benzene rings is 1. The minimum atomic E-state index is 0.754. The van der Waals surface area contributed by atoms with Crippen LogP contribution in [0.4, 0.5) is 0 Å². The van der Waals surface area contributed by atoms with Gasteiger partial charge in [-0.1, -0.05) is 18.2 Å². The Morgan fingerprint density at radius 1 is 1.06 bits per heavy atom. The molecule has 36 heavy (non-hydrogen) atoms. The summed E-state index contributed by atoms with van der Waals surface area (Å²) in [5.41, 5.74) is 9.24. The maximum Gasteiger partial charge on any atom is 0.147 e. The average Bonchev–Trinajstić information content (AvgIpc) is 3.67. The van der Waals surface area contributed by atoms with Gasteiger partial charge in [0, 0.05) is 36.5 Å². The Labute approximate surface area is 208 Å². The summed E-state index contributed by atoms with van der Waals surface area (Å²) in [4.78, 5) is 16.5. The highest BCUT2D eigenvalue weighted by atomic mass is 16.5. The summed E-state index contributed by atoms with van der Waals surface area (Å²) in [6.07, 6.45) is 6.90. The summed E-state index contributed by atoms with van der Waals surface area (Å²) in [6, 6.07) is 12.7. The highest BCUT2D eigenvalue weighted by Gasteiger charge is 2.22. The van der Waals surface area contributed by atoms with Crippen molar-refractivity contribution in [2.75, 3.05) is 13.7 Å². The van der Waals surface area contributed by atoms with E-state index in [0.717, 1.165) is 89.8 Å². The van der Waals surface area contributed by atoms with Crippen molar-refractivity contribution in [3.05, 3.63) is 71.6 Å². The largest absolute Gasteiger partial charge is 0.494 e. The normalized spacial score (nSPS) is 15.2. The molecule has 5 heterocycles. The topological polar surface area (TPSA) is 97.6 Å². The zero-order valence-electron chi connectivity index (χ0n) is 20.1. The predicted octanol–water partition coefficient (Wildman–Crippen LogP) is 3.79. The van der Waals surface area contributed by atoms with E-state index in [0.29, 0.717) is 0 Å². The van der Waals surface area contributed by atoms with Gasteiger partial charge in [-0.2, -0.15) is 10.2 Å². The zero-order chi connectivity index (χ0) is 24.1. The molecule has 9 nitrogen and oxygen atoms in total. The Hall–Kier alpha value is -4.11. The highest BCUT2D eigenvalue weighted by Crippen LogP contribution is 2.38. The fourth-order valence-corrected chi connectivity index (χ4v) is 5.46. The van der Waals surface area contributed by atoms with Gasteiger partial charge in [0.05, 0.1) is 31.4 Å². The Kier molecular flexibility index (Phi) is 5.02.